The van der Waals surface area contributed by atoms with Crippen LogP contribution < -0.4 is 4.74 Å². The Bertz CT molecular complexity index is 302. The summed E-state index contributed by atoms with van der Waals surface area (Å²) in [5.41, 5.74) is 2.57. The third-order valence-corrected chi connectivity index (χ3v) is 2.41. The van der Waals surface area contributed by atoms with Gasteiger partial charge in [-0.3, -0.25) is 0 Å². The number of hydrogen-bond donors (Lipinski definition) is 2. The maximum absolute atomic E-state index is 8.34. The molecule has 2 aliphatic rings. The molecular formula is C12H19NO3. The van der Waals surface area contributed by atoms with Gasteiger partial charge in [0.25, 0.3) is 0 Å². The third kappa shape index (κ3) is 3.48. The highest BCUT2D eigenvalue weighted by molar-refractivity contribution is 5.94. The van der Waals surface area contributed by atoms with E-state index >= 15 is 0 Å². The zero-order valence-electron chi connectivity index (χ0n) is 9.81. The molecule has 4 heteroatoms. The van der Waals surface area contributed by atoms with Crippen molar-refractivity contribution in [1.82, 2.24) is 4.90 Å². The van der Waals surface area contributed by atoms with Crippen molar-refractivity contribution in [3.05, 3.63) is 18.2 Å². The van der Waals surface area contributed by atoms with E-state index in [1.807, 2.05) is 18.0 Å². The summed E-state index contributed by atoms with van der Waals surface area (Å²) < 4.78 is 4.99. The van der Waals surface area contributed by atoms with Crippen molar-refractivity contribution in [2.45, 2.75) is 0 Å². The molecule has 0 amide bonds. The van der Waals surface area contributed by atoms with Gasteiger partial charge in [-0.05, 0) is 7.05 Å². The van der Waals surface area contributed by atoms with E-state index in [0.717, 1.165) is 5.75 Å². The van der Waals surface area contributed by atoms with E-state index in [4.69, 9.17) is 14.9 Å². The van der Waals surface area contributed by atoms with Crippen LogP contribution in [0.2, 0.25) is 0 Å². The molecule has 0 spiro atoms. The van der Waals surface area contributed by atoms with Crippen LogP contribution in [-0.2, 0) is 0 Å². The summed E-state index contributed by atoms with van der Waals surface area (Å²) in [7, 11) is 3.56. The molecule has 0 radical (unpaired) electrons. The quantitative estimate of drug-likeness (QED) is 0.781. The van der Waals surface area contributed by atoms with Gasteiger partial charge in [-0.2, -0.15) is 0 Å². The standard InChI is InChI=1S/C7H6O.C5H13NO2/c1-8-7-5-3-2-4-6(5)7;1-6(2-4-7)3-5-8/h2-4H,1H3;7-8H,2-5H2,1H3. The lowest BCUT2D eigenvalue weighted by atomic mass is 10.5. The van der Waals surface area contributed by atoms with E-state index in [-0.39, 0.29) is 13.2 Å². The van der Waals surface area contributed by atoms with Crippen molar-refractivity contribution in [1.29, 1.82) is 0 Å². The summed E-state index contributed by atoms with van der Waals surface area (Å²) >= 11 is 0. The highest BCUT2D eigenvalue weighted by Crippen LogP contribution is 2.50. The van der Waals surface area contributed by atoms with Crippen LogP contribution in [0.25, 0.3) is 11.1 Å². The summed E-state index contributed by atoms with van der Waals surface area (Å²) in [6.07, 6.45) is 0. The van der Waals surface area contributed by atoms with Crippen LogP contribution >= 0.6 is 0 Å². The molecule has 0 heterocycles. The van der Waals surface area contributed by atoms with Gasteiger partial charge in [0.1, 0.15) is 5.75 Å². The van der Waals surface area contributed by atoms with Gasteiger partial charge < -0.3 is 19.8 Å². The highest BCUT2D eigenvalue weighted by Gasteiger charge is 2.23. The van der Waals surface area contributed by atoms with Crippen molar-refractivity contribution in [2.75, 3.05) is 40.5 Å². The van der Waals surface area contributed by atoms with E-state index in [0.29, 0.717) is 13.1 Å². The Morgan fingerprint density at radius 1 is 1.12 bits per heavy atom. The number of para-hydroxylation sites is 1. The predicted octanol–water partition coefficient (Wildman–Crippen LogP) is 0.578. The summed E-state index contributed by atoms with van der Waals surface area (Å²) in [5, 5.41) is 16.7. The van der Waals surface area contributed by atoms with Crippen LogP contribution in [0, 0.1) is 0 Å². The molecule has 0 aliphatic heterocycles. The normalized spacial score (nSPS) is 10.8. The van der Waals surface area contributed by atoms with E-state index in [1.165, 1.54) is 11.1 Å². The van der Waals surface area contributed by atoms with Gasteiger partial charge in [0.2, 0.25) is 0 Å². The fourth-order valence-corrected chi connectivity index (χ4v) is 1.44. The third-order valence-electron chi connectivity index (χ3n) is 2.41. The van der Waals surface area contributed by atoms with Gasteiger partial charge in [-0.15, -0.1) is 0 Å². The molecule has 0 saturated carbocycles. The molecule has 4 nitrogen and oxygen atoms in total. The molecule has 2 aliphatic carbocycles. The van der Waals surface area contributed by atoms with Crippen molar-refractivity contribution in [2.24, 2.45) is 0 Å². The van der Waals surface area contributed by atoms with Crippen LogP contribution in [0.1, 0.15) is 0 Å². The number of fused-ring (bicyclic) bond motifs is 1. The first-order valence-corrected chi connectivity index (χ1v) is 5.32. The molecule has 0 aromatic carbocycles. The van der Waals surface area contributed by atoms with Crippen molar-refractivity contribution in [3.8, 4) is 16.9 Å². The molecule has 2 rings (SSSR count). The summed E-state index contributed by atoms with van der Waals surface area (Å²) in [6.45, 7) is 1.61. The lowest BCUT2D eigenvalue weighted by Gasteiger charge is -2.11. The monoisotopic (exact) mass is 225 g/mol. The molecule has 2 N–H and O–H groups in total. The van der Waals surface area contributed by atoms with Gasteiger partial charge in [-0.1, -0.05) is 18.2 Å². The van der Waals surface area contributed by atoms with E-state index in [1.54, 1.807) is 7.11 Å². The summed E-state index contributed by atoms with van der Waals surface area (Å²) in [5.74, 6) is 1.08. The second-order valence-electron chi connectivity index (χ2n) is 3.64. The number of ether oxygens (including phenoxy) is 1. The lowest BCUT2D eigenvalue weighted by Crippen LogP contribution is -2.25. The van der Waals surface area contributed by atoms with Crippen molar-refractivity contribution < 1.29 is 14.9 Å². The van der Waals surface area contributed by atoms with Gasteiger partial charge >= 0.3 is 0 Å². The minimum atomic E-state index is 0.163. The highest BCUT2D eigenvalue weighted by atomic mass is 16.5. The molecule has 16 heavy (non-hydrogen) atoms. The fourth-order valence-electron chi connectivity index (χ4n) is 1.44. The van der Waals surface area contributed by atoms with Crippen LogP contribution in [0.4, 0.5) is 0 Å². The molecule has 0 aromatic rings. The number of benzene rings is 1. The molecule has 0 atom stereocenters. The molecule has 0 saturated heterocycles. The van der Waals surface area contributed by atoms with Crippen LogP contribution in [0.15, 0.2) is 18.2 Å². The SMILES string of the molecule is CN(CCO)CCO.COc1c2cccc1-2. The Labute approximate surface area is 96.1 Å². The zero-order valence-corrected chi connectivity index (χ0v) is 9.81. The Morgan fingerprint density at radius 2 is 1.62 bits per heavy atom. The second kappa shape index (κ2) is 6.48. The maximum Gasteiger partial charge on any atom is 0.134 e. The Hall–Kier alpha value is -1.10. The number of aliphatic hydroxyl groups is 2. The first-order valence-electron chi connectivity index (χ1n) is 5.32. The fraction of sp³-hybridized carbons (Fsp3) is 0.500. The zero-order chi connectivity index (χ0) is 12.0. The van der Waals surface area contributed by atoms with Gasteiger partial charge in [0.15, 0.2) is 0 Å². The van der Waals surface area contributed by atoms with Crippen LogP contribution in [0.5, 0.6) is 5.75 Å². The van der Waals surface area contributed by atoms with E-state index < -0.39 is 0 Å². The molecule has 0 fully saturated rings. The van der Waals surface area contributed by atoms with Crippen LogP contribution in [0.3, 0.4) is 0 Å². The number of hydrogen-bond acceptors (Lipinski definition) is 4. The molecule has 90 valence electrons. The maximum atomic E-state index is 8.34. The Kier molecular flexibility index (Phi) is 5.25. The smallest absolute Gasteiger partial charge is 0.134 e. The van der Waals surface area contributed by atoms with Gasteiger partial charge in [-0.25, -0.2) is 0 Å². The lowest BCUT2D eigenvalue weighted by molar-refractivity contribution is 0.184. The average molecular weight is 225 g/mol. The van der Waals surface area contributed by atoms with E-state index in [9.17, 15) is 0 Å². The first-order chi connectivity index (χ1) is 7.74. The van der Waals surface area contributed by atoms with Crippen LogP contribution in [-0.4, -0.2) is 55.6 Å². The molecule has 0 bridgehead atoms. The molecule has 0 aromatic heterocycles. The number of likely N-dealkylation sites (N-methyl/N-ethyl adjacent to an activating group) is 1. The average Bonchev–Trinajstić information content (AvgIpc) is 2.70. The van der Waals surface area contributed by atoms with Crippen molar-refractivity contribution in [3.63, 3.8) is 0 Å². The number of methoxy groups -OCH3 is 1. The van der Waals surface area contributed by atoms with Gasteiger partial charge in [0, 0.05) is 24.2 Å². The largest absolute Gasteiger partial charge is 0.495 e. The van der Waals surface area contributed by atoms with Crippen molar-refractivity contribution >= 4 is 0 Å². The minimum absolute atomic E-state index is 0.163. The molecular weight excluding hydrogens is 206 g/mol. The number of nitrogens with zero attached hydrogens (tertiary/aromatic N) is 1. The van der Waals surface area contributed by atoms with E-state index in [2.05, 4.69) is 12.1 Å². The minimum Gasteiger partial charge on any atom is -0.495 e. The second-order valence-corrected chi connectivity index (χ2v) is 3.64. The Balaban J connectivity index is 0.000000160. The summed E-state index contributed by atoms with van der Waals surface area (Å²) in [6, 6.07) is 6.16. The van der Waals surface area contributed by atoms with Gasteiger partial charge in [0.05, 0.1) is 20.3 Å². The topological polar surface area (TPSA) is 52.9 Å². The Morgan fingerprint density at radius 3 is 1.94 bits per heavy atom. The predicted molar refractivity (Wildman–Crippen MR) is 63.7 cm³/mol. The first kappa shape index (κ1) is 13.0. The molecule has 0 unspecified atom stereocenters. The number of rotatable bonds is 5. The summed E-state index contributed by atoms with van der Waals surface area (Å²) in [4.78, 5) is 1.86. The number of aliphatic hydroxyl groups excluding tert-OH is 2.